The minimum Gasteiger partial charge on any atom is -0.497 e. The number of amides is 2. The summed E-state index contributed by atoms with van der Waals surface area (Å²) in [6, 6.07) is 6.61. The van der Waals surface area contributed by atoms with Gasteiger partial charge in [-0.05, 0) is 31.2 Å². The van der Waals surface area contributed by atoms with Crippen LogP contribution in [0.1, 0.15) is 6.92 Å². The molecule has 6 heteroatoms. The molecule has 0 unspecified atom stereocenters. The number of rotatable bonds is 2. The van der Waals surface area contributed by atoms with E-state index in [0.717, 1.165) is 4.90 Å². The van der Waals surface area contributed by atoms with Gasteiger partial charge in [0.15, 0.2) is 0 Å². The third-order valence-corrected chi connectivity index (χ3v) is 4.33. The van der Waals surface area contributed by atoms with Crippen LogP contribution in [-0.4, -0.2) is 34.1 Å². The van der Waals surface area contributed by atoms with Gasteiger partial charge in [-0.15, -0.1) is 0 Å². The van der Waals surface area contributed by atoms with Crippen molar-refractivity contribution in [3.63, 3.8) is 0 Å². The van der Waals surface area contributed by atoms with Crippen molar-refractivity contribution in [2.75, 3.05) is 17.8 Å². The van der Waals surface area contributed by atoms with E-state index < -0.39 is 27.9 Å². The van der Waals surface area contributed by atoms with Crippen LogP contribution in [0.5, 0.6) is 5.75 Å². The predicted molar refractivity (Wildman–Crippen MR) is 68.0 cm³/mol. The maximum Gasteiger partial charge on any atom is 0.249 e. The van der Waals surface area contributed by atoms with E-state index in [0.29, 0.717) is 11.4 Å². The molecule has 0 saturated carbocycles. The van der Waals surface area contributed by atoms with E-state index in [1.807, 2.05) is 0 Å². The number of imide groups is 1. The lowest BCUT2D eigenvalue weighted by molar-refractivity contribution is -0.125. The van der Waals surface area contributed by atoms with Crippen molar-refractivity contribution in [1.82, 2.24) is 0 Å². The summed E-state index contributed by atoms with van der Waals surface area (Å²) in [5.41, 5.74) is 0.481. The van der Waals surface area contributed by atoms with E-state index in [1.165, 1.54) is 7.11 Å². The van der Waals surface area contributed by atoms with Crippen molar-refractivity contribution in [3.8, 4) is 5.75 Å². The van der Waals surface area contributed by atoms with Gasteiger partial charge in [-0.2, -0.15) is 0 Å². The van der Waals surface area contributed by atoms with Crippen LogP contribution in [0.2, 0.25) is 0 Å². The van der Waals surface area contributed by atoms with E-state index in [4.69, 9.17) is 4.74 Å². The summed E-state index contributed by atoms with van der Waals surface area (Å²) in [6.45, 7) is 1.57. The zero-order chi connectivity index (χ0) is 13.3. The third-order valence-electron chi connectivity index (χ3n) is 2.81. The lowest BCUT2D eigenvalue weighted by atomic mass is 10.2. The second-order valence-electron chi connectivity index (χ2n) is 3.93. The molecular formula is C12H13NO4S. The Morgan fingerprint density at radius 2 is 1.89 bits per heavy atom. The fourth-order valence-electron chi connectivity index (χ4n) is 1.73. The number of nitrogens with zero attached hydrogens (tertiary/aromatic N) is 1. The van der Waals surface area contributed by atoms with Crippen molar-refractivity contribution < 1.29 is 18.5 Å². The number of carbonyl (C=O) groups is 2. The second kappa shape index (κ2) is 4.89. The molecule has 1 fully saturated rings. The molecule has 0 aromatic heterocycles. The molecule has 1 heterocycles. The van der Waals surface area contributed by atoms with Crippen LogP contribution in [0.4, 0.5) is 5.69 Å². The number of carbonyl (C=O) groups excluding carboxylic acids is 2. The lowest BCUT2D eigenvalue weighted by Gasteiger charge is -2.28. The van der Waals surface area contributed by atoms with Gasteiger partial charge in [0, 0.05) is 10.8 Å². The van der Waals surface area contributed by atoms with E-state index in [-0.39, 0.29) is 5.75 Å². The standard InChI is InChI=1S/C12H13NO4S/c1-8-12(15)13(11(14)7-18(8)16)9-3-5-10(17-2)6-4-9/h3-6,8H,7H2,1-2H3/t8-,18+/m1/s1. The number of methoxy groups -OCH3 is 1. The highest BCUT2D eigenvalue weighted by atomic mass is 32.2. The lowest BCUT2D eigenvalue weighted by Crippen LogP contribution is -2.51. The molecular weight excluding hydrogens is 254 g/mol. The SMILES string of the molecule is COc1ccc(N2C(=O)C[S@](=O)[C@H](C)C2=O)cc1. The number of benzene rings is 1. The van der Waals surface area contributed by atoms with Gasteiger partial charge in [0.05, 0.1) is 12.8 Å². The summed E-state index contributed by atoms with van der Waals surface area (Å²) < 4.78 is 16.5. The summed E-state index contributed by atoms with van der Waals surface area (Å²) in [7, 11) is 0.128. The van der Waals surface area contributed by atoms with Crippen LogP contribution in [0.15, 0.2) is 24.3 Å². The Balaban J connectivity index is 2.33. The van der Waals surface area contributed by atoms with Crippen LogP contribution in [0, 0.1) is 0 Å². The molecule has 1 aromatic rings. The van der Waals surface area contributed by atoms with Crippen LogP contribution >= 0.6 is 0 Å². The summed E-state index contributed by atoms with van der Waals surface area (Å²) in [5.74, 6) is -0.317. The minimum atomic E-state index is -1.41. The Labute approximate surface area is 107 Å². The second-order valence-corrected chi connectivity index (χ2v) is 5.69. The molecule has 2 atom stereocenters. The summed E-state index contributed by atoms with van der Waals surface area (Å²) in [6.07, 6.45) is 0. The van der Waals surface area contributed by atoms with Gasteiger partial charge in [-0.3, -0.25) is 13.8 Å². The van der Waals surface area contributed by atoms with Gasteiger partial charge < -0.3 is 4.74 Å². The molecule has 0 spiro atoms. The van der Waals surface area contributed by atoms with Gasteiger partial charge in [0.1, 0.15) is 16.8 Å². The highest BCUT2D eigenvalue weighted by molar-refractivity contribution is 7.87. The first-order valence-corrected chi connectivity index (χ1v) is 6.81. The molecule has 0 bridgehead atoms. The molecule has 1 saturated heterocycles. The van der Waals surface area contributed by atoms with Crippen molar-refractivity contribution >= 4 is 28.3 Å². The average molecular weight is 267 g/mol. The molecule has 18 heavy (non-hydrogen) atoms. The van der Waals surface area contributed by atoms with E-state index in [1.54, 1.807) is 31.2 Å². The topological polar surface area (TPSA) is 63.7 Å². The smallest absolute Gasteiger partial charge is 0.249 e. The molecule has 0 radical (unpaired) electrons. The monoisotopic (exact) mass is 267 g/mol. The molecule has 96 valence electrons. The van der Waals surface area contributed by atoms with Gasteiger partial charge >= 0.3 is 0 Å². The van der Waals surface area contributed by atoms with Crippen molar-refractivity contribution in [3.05, 3.63) is 24.3 Å². The number of ether oxygens (including phenoxy) is 1. The number of hydrogen-bond donors (Lipinski definition) is 0. The van der Waals surface area contributed by atoms with Crippen molar-refractivity contribution in [2.24, 2.45) is 0 Å². The maximum absolute atomic E-state index is 12.0. The van der Waals surface area contributed by atoms with Crippen molar-refractivity contribution in [2.45, 2.75) is 12.2 Å². The Kier molecular flexibility index (Phi) is 3.47. The summed E-state index contributed by atoms with van der Waals surface area (Å²) in [4.78, 5) is 24.9. The molecule has 2 amide bonds. The third kappa shape index (κ3) is 2.15. The molecule has 2 rings (SSSR count). The molecule has 0 N–H and O–H groups in total. The van der Waals surface area contributed by atoms with Crippen LogP contribution in [0.3, 0.4) is 0 Å². The molecule has 1 aliphatic rings. The Morgan fingerprint density at radius 3 is 2.44 bits per heavy atom. The number of anilines is 1. The summed E-state index contributed by atoms with van der Waals surface area (Å²) >= 11 is 0. The van der Waals surface area contributed by atoms with Gasteiger partial charge in [0.25, 0.3) is 0 Å². The highest BCUT2D eigenvalue weighted by Gasteiger charge is 2.37. The van der Waals surface area contributed by atoms with Gasteiger partial charge in [0.2, 0.25) is 11.8 Å². The average Bonchev–Trinajstić information content (AvgIpc) is 2.37. The minimum absolute atomic E-state index is 0.112. The zero-order valence-corrected chi connectivity index (χ0v) is 10.9. The van der Waals surface area contributed by atoms with Crippen LogP contribution in [0.25, 0.3) is 0 Å². The van der Waals surface area contributed by atoms with Crippen LogP contribution < -0.4 is 9.64 Å². The normalized spacial score (nSPS) is 24.2. The van der Waals surface area contributed by atoms with Gasteiger partial charge in [-0.25, -0.2) is 4.90 Å². The Morgan fingerprint density at radius 1 is 1.28 bits per heavy atom. The van der Waals surface area contributed by atoms with E-state index in [9.17, 15) is 13.8 Å². The first-order valence-electron chi connectivity index (χ1n) is 5.42. The first kappa shape index (κ1) is 12.8. The van der Waals surface area contributed by atoms with E-state index in [2.05, 4.69) is 0 Å². The summed E-state index contributed by atoms with van der Waals surface area (Å²) in [5, 5.41) is -0.648. The fraction of sp³-hybridized carbons (Fsp3) is 0.333. The largest absolute Gasteiger partial charge is 0.497 e. The quantitative estimate of drug-likeness (QED) is 0.740. The molecule has 1 aliphatic heterocycles. The first-order chi connectivity index (χ1) is 8.54. The zero-order valence-electron chi connectivity index (χ0n) is 10.1. The van der Waals surface area contributed by atoms with E-state index >= 15 is 0 Å². The molecule has 5 nitrogen and oxygen atoms in total. The van der Waals surface area contributed by atoms with Crippen molar-refractivity contribution in [1.29, 1.82) is 0 Å². The van der Waals surface area contributed by atoms with Gasteiger partial charge in [-0.1, -0.05) is 0 Å². The predicted octanol–water partition coefficient (Wildman–Crippen LogP) is 0.706. The molecule has 0 aliphatic carbocycles. The Hall–Kier alpha value is -1.69. The highest BCUT2D eigenvalue weighted by Crippen LogP contribution is 2.23. The number of hydrogen-bond acceptors (Lipinski definition) is 4. The Bertz CT molecular complexity index is 511. The van der Waals surface area contributed by atoms with Crippen LogP contribution in [-0.2, 0) is 20.4 Å². The fourth-order valence-corrected chi connectivity index (χ4v) is 2.68. The molecule has 1 aromatic carbocycles. The maximum atomic E-state index is 12.0.